The van der Waals surface area contributed by atoms with Crippen molar-refractivity contribution in [1.29, 1.82) is 0 Å². The second kappa shape index (κ2) is 8.51. The number of aromatic nitrogens is 1. The first kappa shape index (κ1) is 22.8. The molecule has 2 aliphatic rings. The molecule has 2 aliphatic heterocycles. The second-order valence-electron chi connectivity index (χ2n) is 8.87. The van der Waals surface area contributed by atoms with Crippen molar-refractivity contribution in [3.05, 3.63) is 53.9 Å². The van der Waals surface area contributed by atoms with Crippen LogP contribution in [0, 0.1) is 5.41 Å². The monoisotopic (exact) mass is 453 g/mol. The fraction of sp³-hybridized carbons (Fsp3) is 0.522. The van der Waals surface area contributed by atoms with Crippen LogP contribution in [0.3, 0.4) is 0 Å². The van der Waals surface area contributed by atoms with Crippen LogP contribution in [0.5, 0.6) is 5.75 Å². The minimum atomic E-state index is -4.79. The Balaban J connectivity index is 1.72. The van der Waals surface area contributed by atoms with Gasteiger partial charge in [0.05, 0.1) is 11.9 Å². The van der Waals surface area contributed by atoms with E-state index >= 15 is 0 Å². The van der Waals surface area contributed by atoms with Crippen LogP contribution < -0.4 is 9.64 Å². The Labute approximate surface area is 184 Å². The molecule has 9 heteroatoms. The number of pyridine rings is 1. The molecule has 0 amide bonds. The maximum Gasteiger partial charge on any atom is 0.573 e. The SMILES string of the molecule is CC1(C(O)(c2ccc(OC(F)(F)F)cc2)c2cncc(N3CCCC3)c2)CN(CCF)C1. The van der Waals surface area contributed by atoms with Gasteiger partial charge in [-0.2, -0.15) is 0 Å². The van der Waals surface area contributed by atoms with Gasteiger partial charge in [-0.1, -0.05) is 19.1 Å². The molecule has 5 nitrogen and oxygen atoms in total. The van der Waals surface area contributed by atoms with Crippen LogP contribution in [0.25, 0.3) is 0 Å². The number of halogens is 4. The summed E-state index contributed by atoms with van der Waals surface area (Å²) in [6.07, 6.45) is 0.742. The molecule has 32 heavy (non-hydrogen) atoms. The molecule has 0 radical (unpaired) electrons. The predicted molar refractivity (Wildman–Crippen MR) is 112 cm³/mol. The summed E-state index contributed by atoms with van der Waals surface area (Å²) in [7, 11) is 0. The second-order valence-corrected chi connectivity index (χ2v) is 8.87. The maximum absolute atomic E-state index is 12.8. The van der Waals surface area contributed by atoms with Crippen LogP contribution >= 0.6 is 0 Å². The van der Waals surface area contributed by atoms with Crippen molar-refractivity contribution in [1.82, 2.24) is 9.88 Å². The molecule has 1 unspecified atom stereocenters. The lowest BCUT2D eigenvalue weighted by atomic mass is 9.62. The first-order chi connectivity index (χ1) is 15.1. The van der Waals surface area contributed by atoms with E-state index < -0.39 is 24.1 Å². The van der Waals surface area contributed by atoms with Gasteiger partial charge >= 0.3 is 6.36 Å². The minimum absolute atomic E-state index is 0.274. The lowest BCUT2D eigenvalue weighted by Crippen LogP contribution is -2.65. The first-order valence-electron chi connectivity index (χ1n) is 10.7. The van der Waals surface area contributed by atoms with E-state index in [2.05, 4.69) is 14.6 Å². The zero-order valence-electron chi connectivity index (χ0n) is 17.9. The van der Waals surface area contributed by atoms with E-state index in [-0.39, 0.29) is 12.3 Å². The predicted octanol–water partition coefficient (Wildman–Crippen LogP) is 4.11. The third-order valence-corrected chi connectivity index (χ3v) is 6.54. The summed E-state index contributed by atoms with van der Waals surface area (Å²) in [5.41, 5.74) is -0.304. The topological polar surface area (TPSA) is 48.8 Å². The highest BCUT2D eigenvalue weighted by atomic mass is 19.4. The van der Waals surface area contributed by atoms with Crippen LogP contribution in [-0.2, 0) is 5.60 Å². The van der Waals surface area contributed by atoms with E-state index in [1.165, 1.54) is 24.3 Å². The number of aliphatic hydroxyl groups is 1. The number of nitrogens with zero attached hydrogens (tertiary/aromatic N) is 3. The fourth-order valence-corrected chi connectivity index (χ4v) is 4.98. The van der Waals surface area contributed by atoms with Gasteiger partial charge in [0, 0.05) is 49.9 Å². The number of likely N-dealkylation sites (tertiary alicyclic amines) is 1. The average molecular weight is 453 g/mol. The highest BCUT2D eigenvalue weighted by molar-refractivity contribution is 5.51. The van der Waals surface area contributed by atoms with Gasteiger partial charge in [0.15, 0.2) is 0 Å². The number of anilines is 1. The van der Waals surface area contributed by atoms with Gasteiger partial charge in [0.1, 0.15) is 18.0 Å². The first-order valence-corrected chi connectivity index (χ1v) is 10.7. The zero-order valence-corrected chi connectivity index (χ0v) is 17.9. The third-order valence-electron chi connectivity index (χ3n) is 6.54. The Morgan fingerprint density at radius 2 is 1.72 bits per heavy atom. The summed E-state index contributed by atoms with van der Waals surface area (Å²) >= 11 is 0. The Bertz CT molecular complexity index is 926. The average Bonchev–Trinajstić information content (AvgIpc) is 3.26. The zero-order chi connectivity index (χ0) is 23.0. The van der Waals surface area contributed by atoms with Gasteiger partial charge < -0.3 is 14.7 Å². The molecule has 2 fully saturated rings. The van der Waals surface area contributed by atoms with Gasteiger partial charge in [0.25, 0.3) is 0 Å². The summed E-state index contributed by atoms with van der Waals surface area (Å²) in [5.74, 6) is -0.356. The van der Waals surface area contributed by atoms with E-state index in [0.717, 1.165) is 31.6 Å². The molecule has 1 aromatic heterocycles. The minimum Gasteiger partial charge on any atom is -0.406 e. The molecule has 0 bridgehead atoms. The molecule has 174 valence electrons. The summed E-state index contributed by atoms with van der Waals surface area (Å²) < 4.78 is 54.6. The molecular formula is C23H27F4N3O2. The van der Waals surface area contributed by atoms with E-state index in [4.69, 9.17) is 0 Å². The highest BCUT2D eigenvalue weighted by Gasteiger charge is 2.56. The van der Waals surface area contributed by atoms with Gasteiger partial charge in [-0.15, -0.1) is 13.2 Å². The van der Waals surface area contributed by atoms with Gasteiger partial charge in [-0.3, -0.25) is 9.88 Å². The van der Waals surface area contributed by atoms with Crippen LogP contribution in [0.2, 0.25) is 0 Å². The van der Waals surface area contributed by atoms with Crippen LogP contribution in [0.4, 0.5) is 23.2 Å². The van der Waals surface area contributed by atoms with Gasteiger partial charge in [-0.25, -0.2) is 4.39 Å². The summed E-state index contributed by atoms with van der Waals surface area (Å²) in [5, 5.41) is 12.2. The van der Waals surface area contributed by atoms with Crippen LogP contribution in [0.15, 0.2) is 42.7 Å². The number of ether oxygens (including phenoxy) is 1. The van der Waals surface area contributed by atoms with Crippen LogP contribution in [-0.4, -0.2) is 60.8 Å². The maximum atomic E-state index is 12.8. The molecule has 1 N–H and O–H groups in total. The van der Waals surface area contributed by atoms with E-state index in [9.17, 15) is 22.7 Å². The fourth-order valence-electron chi connectivity index (χ4n) is 4.98. The Hall–Kier alpha value is -2.39. The smallest absolute Gasteiger partial charge is 0.406 e. The third kappa shape index (κ3) is 4.28. The van der Waals surface area contributed by atoms with E-state index in [0.29, 0.717) is 24.2 Å². The lowest BCUT2D eigenvalue weighted by molar-refractivity contribution is -0.274. The quantitative estimate of drug-likeness (QED) is 0.640. The normalized spacial score (nSPS) is 20.6. The van der Waals surface area contributed by atoms with Crippen molar-refractivity contribution < 1.29 is 27.4 Å². The summed E-state index contributed by atoms with van der Waals surface area (Å²) in [4.78, 5) is 8.48. The molecule has 4 rings (SSSR count). The van der Waals surface area contributed by atoms with Gasteiger partial charge in [-0.05, 0) is 36.6 Å². The highest BCUT2D eigenvalue weighted by Crippen LogP contribution is 2.51. The van der Waals surface area contributed by atoms with Crippen molar-refractivity contribution in [3.63, 3.8) is 0 Å². The van der Waals surface area contributed by atoms with Crippen molar-refractivity contribution >= 4 is 5.69 Å². The molecule has 2 aromatic rings. The Morgan fingerprint density at radius 3 is 2.31 bits per heavy atom. The number of alkyl halides is 4. The van der Waals surface area contributed by atoms with E-state index in [1.807, 2.05) is 17.9 Å². The molecule has 0 aliphatic carbocycles. The summed E-state index contributed by atoms with van der Waals surface area (Å²) in [6, 6.07) is 7.21. The molecule has 2 saturated heterocycles. The van der Waals surface area contributed by atoms with Crippen molar-refractivity contribution in [3.8, 4) is 5.75 Å². The molecular weight excluding hydrogens is 426 g/mol. The number of benzene rings is 1. The van der Waals surface area contributed by atoms with Gasteiger partial charge in [0.2, 0.25) is 0 Å². The molecule has 3 heterocycles. The van der Waals surface area contributed by atoms with Crippen molar-refractivity contribution in [2.75, 3.05) is 44.3 Å². The largest absolute Gasteiger partial charge is 0.573 e. The standard InChI is InChI=1S/C23H27F4N3O2/c1-21(15-29(16-21)11-8-24)22(31,17-4-6-20(7-5-17)32-23(25,26)27)18-12-19(14-28-13-18)30-9-2-3-10-30/h4-7,12-14,31H,2-3,8-11,15-16H2,1H3. The van der Waals surface area contributed by atoms with E-state index in [1.54, 1.807) is 12.4 Å². The number of hydrogen-bond donors (Lipinski definition) is 1. The Morgan fingerprint density at radius 1 is 1.06 bits per heavy atom. The number of hydrogen-bond acceptors (Lipinski definition) is 5. The Kier molecular flexibility index (Phi) is 6.06. The molecule has 1 atom stereocenters. The lowest BCUT2D eigenvalue weighted by Gasteiger charge is -2.56. The molecule has 0 saturated carbocycles. The summed E-state index contributed by atoms with van der Waals surface area (Å²) in [6.45, 7) is 4.41. The van der Waals surface area contributed by atoms with Crippen molar-refractivity contribution in [2.45, 2.75) is 31.7 Å². The van der Waals surface area contributed by atoms with Crippen molar-refractivity contribution in [2.24, 2.45) is 5.41 Å². The molecule has 1 aromatic carbocycles. The number of rotatable bonds is 7. The van der Waals surface area contributed by atoms with Crippen LogP contribution in [0.1, 0.15) is 30.9 Å². The molecule has 0 spiro atoms.